The van der Waals surface area contributed by atoms with Gasteiger partial charge in [0.15, 0.2) is 0 Å². The van der Waals surface area contributed by atoms with Gasteiger partial charge in [-0.3, -0.25) is 4.72 Å². The molecule has 21 heavy (non-hydrogen) atoms. The second-order valence-corrected chi connectivity index (χ2v) is 7.58. The molecule has 0 radical (unpaired) electrons. The summed E-state index contributed by atoms with van der Waals surface area (Å²) in [5.41, 5.74) is 9.61. The number of sulfonamides is 1. The van der Waals surface area contributed by atoms with Gasteiger partial charge in [0.1, 0.15) is 0 Å². The summed E-state index contributed by atoms with van der Waals surface area (Å²) in [7, 11) is -3.67. The molecule has 4 nitrogen and oxygen atoms in total. The Morgan fingerprint density at radius 3 is 2.33 bits per heavy atom. The van der Waals surface area contributed by atoms with Crippen molar-refractivity contribution in [2.75, 3.05) is 10.5 Å². The van der Waals surface area contributed by atoms with E-state index in [9.17, 15) is 8.42 Å². The maximum Gasteiger partial charge on any atom is 0.262 e. The molecule has 0 aliphatic heterocycles. The van der Waals surface area contributed by atoms with Crippen LogP contribution in [0.15, 0.2) is 39.7 Å². The van der Waals surface area contributed by atoms with E-state index in [1.54, 1.807) is 12.1 Å². The third kappa shape index (κ3) is 3.39. The standard InChI is InChI=1S/C15H17BrN2O2S/c1-9-4-5-15(13(16)6-9)18-21(19,20)12-7-10(2)11(3)14(17)8-12/h4-8,18H,17H2,1-3H3. The topological polar surface area (TPSA) is 72.2 Å². The van der Waals surface area contributed by atoms with Crippen LogP contribution in [0.4, 0.5) is 11.4 Å². The number of hydrogen-bond acceptors (Lipinski definition) is 3. The summed E-state index contributed by atoms with van der Waals surface area (Å²) >= 11 is 3.36. The first-order valence-corrected chi connectivity index (χ1v) is 8.64. The van der Waals surface area contributed by atoms with Crippen molar-refractivity contribution < 1.29 is 8.42 Å². The quantitative estimate of drug-likeness (QED) is 0.810. The van der Waals surface area contributed by atoms with E-state index >= 15 is 0 Å². The van der Waals surface area contributed by atoms with Crippen molar-refractivity contribution in [3.8, 4) is 0 Å². The summed E-state index contributed by atoms with van der Waals surface area (Å²) in [6.07, 6.45) is 0. The highest BCUT2D eigenvalue weighted by Crippen LogP contribution is 2.28. The molecule has 0 bridgehead atoms. The molecular weight excluding hydrogens is 352 g/mol. The van der Waals surface area contributed by atoms with E-state index in [4.69, 9.17) is 5.73 Å². The van der Waals surface area contributed by atoms with Gasteiger partial charge in [0.25, 0.3) is 10.0 Å². The van der Waals surface area contributed by atoms with Crippen molar-refractivity contribution >= 4 is 37.3 Å². The molecule has 0 amide bonds. The highest BCUT2D eigenvalue weighted by Gasteiger charge is 2.17. The van der Waals surface area contributed by atoms with Crippen molar-refractivity contribution in [1.82, 2.24) is 0 Å². The smallest absolute Gasteiger partial charge is 0.262 e. The second kappa shape index (κ2) is 5.69. The van der Waals surface area contributed by atoms with Crippen molar-refractivity contribution in [2.24, 2.45) is 0 Å². The number of nitrogens with one attached hydrogen (secondary N) is 1. The van der Waals surface area contributed by atoms with Gasteiger partial charge in [-0.15, -0.1) is 0 Å². The number of aryl methyl sites for hydroxylation is 2. The van der Waals surface area contributed by atoms with Gasteiger partial charge in [0.05, 0.1) is 10.6 Å². The van der Waals surface area contributed by atoms with Crippen LogP contribution >= 0.6 is 15.9 Å². The predicted octanol–water partition coefficient (Wildman–Crippen LogP) is 3.76. The largest absolute Gasteiger partial charge is 0.398 e. The van der Waals surface area contributed by atoms with E-state index in [1.807, 2.05) is 32.9 Å². The van der Waals surface area contributed by atoms with Gasteiger partial charge in [-0.2, -0.15) is 0 Å². The number of rotatable bonds is 3. The molecule has 2 aromatic rings. The molecule has 0 aliphatic carbocycles. The molecule has 0 spiro atoms. The lowest BCUT2D eigenvalue weighted by Crippen LogP contribution is -2.14. The molecule has 0 aromatic heterocycles. The average molecular weight is 369 g/mol. The van der Waals surface area contributed by atoms with E-state index in [1.165, 1.54) is 6.07 Å². The van der Waals surface area contributed by atoms with Crippen LogP contribution in [0.25, 0.3) is 0 Å². The van der Waals surface area contributed by atoms with Crippen LogP contribution in [-0.4, -0.2) is 8.42 Å². The van der Waals surface area contributed by atoms with Gasteiger partial charge in [-0.05, 0) is 77.7 Å². The lowest BCUT2D eigenvalue weighted by Gasteiger charge is -2.13. The average Bonchev–Trinajstić information content (AvgIpc) is 2.38. The first kappa shape index (κ1) is 15.9. The molecule has 0 fully saturated rings. The van der Waals surface area contributed by atoms with Crippen molar-refractivity contribution in [1.29, 1.82) is 0 Å². The molecule has 0 heterocycles. The Labute approximate surface area is 133 Å². The molecule has 0 unspecified atom stereocenters. The highest BCUT2D eigenvalue weighted by atomic mass is 79.9. The van der Waals surface area contributed by atoms with Gasteiger partial charge < -0.3 is 5.73 Å². The minimum Gasteiger partial charge on any atom is -0.398 e. The van der Waals surface area contributed by atoms with E-state index < -0.39 is 10.0 Å². The maximum absolute atomic E-state index is 12.5. The normalized spacial score (nSPS) is 11.4. The number of nitrogen functional groups attached to an aromatic ring is 1. The van der Waals surface area contributed by atoms with Crippen molar-refractivity contribution in [3.05, 3.63) is 51.5 Å². The second-order valence-electron chi connectivity index (χ2n) is 5.04. The molecule has 112 valence electrons. The van der Waals surface area contributed by atoms with Crippen molar-refractivity contribution in [3.63, 3.8) is 0 Å². The molecule has 0 saturated carbocycles. The fourth-order valence-corrected chi connectivity index (χ4v) is 3.84. The Morgan fingerprint density at radius 1 is 1.10 bits per heavy atom. The number of hydrogen-bond donors (Lipinski definition) is 2. The molecule has 2 rings (SSSR count). The highest BCUT2D eigenvalue weighted by molar-refractivity contribution is 9.10. The zero-order valence-corrected chi connectivity index (χ0v) is 14.5. The van der Waals surface area contributed by atoms with E-state index in [-0.39, 0.29) is 4.90 Å². The Kier molecular flexibility index (Phi) is 4.30. The van der Waals surface area contributed by atoms with Gasteiger partial charge in [-0.25, -0.2) is 8.42 Å². The SMILES string of the molecule is Cc1ccc(NS(=O)(=O)c2cc(C)c(C)c(N)c2)c(Br)c1. The van der Waals surface area contributed by atoms with Gasteiger partial charge in [-0.1, -0.05) is 6.07 Å². The summed E-state index contributed by atoms with van der Waals surface area (Å²) < 4.78 is 28.2. The maximum atomic E-state index is 12.5. The first-order valence-electron chi connectivity index (χ1n) is 6.36. The summed E-state index contributed by atoms with van der Waals surface area (Å²) in [4.78, 5) is 0.163. The molecule has 3 N–H and O–H groups in total. The van der Waals surface area contributed by atoms with Crippen LogP contribution in [-0.2, 0) is 10.0 Å². The van der Waals surface area contributed by atoms with Crippen LogP contribution in [0, 0.1) is 20.8 Å². The Balaban J connectivity index is 2.43. The first-order chi connectivity index (χ1) is 9.70. The summed E-state index contributed by atoms with van der Waals surface area (Å²) in [5.74, 6) is 0. The molecule has 0 saturated heterocycles. The third-order valence-corrected chi connectivity index (χ3v) is 5.36. The van der Waals surface area contributed by atoms with Crippen molar-refractivity contribution in [2.45, 2.75) is 25.7 Å². The molecular formula is C15H17BrN2O2S. The van der Waals surface area contributed by atoms with Crippen LogP contribution in [0.1, 0.15) is 16.7 Å². The van der Waals surface area contributed by atoms with E-state index in [0.29, 0.717) is 15.8 Å². The molecule has 0 atom stereocenters. The fourth-order valence-electron chi connectivity index (χ4n) is 1.91. The van der Waals surface area contributed by atoms with E-state index in [2.05, 4.69) is 20.7 Å². The zero-order valence-electron chi connectivity index (χ0n) is 12.1. The molecule has 0 aliphatic rings. The number of benzene rings is 2. The lowest BCUT2D eigenvalue weighted by molar-refractivity contribution is 0.601. The van der Waals surface area contributed by atoms with E-state index in [0.717, 1.165) is 16.7 Å². The molecule has 2 aromatic carbocycles. The van der Waals surface area contributed by atoms with Crippen LogP contribution < -0.4 is 10.5 Å². The summed E-state index contributed by atoms with van der Waals surface area (Å²) in [6.45, 7) is 5.64. The number of anilines is 2. The lowest BCUT2D eigenvalue weighted by atomic mass is 10.1. The van der Waals surface area contributed by atoms with Crippen LogP contribution in [0.3, 0.4) is 0 Å². The minimum atomic E-state index is -3.67. The molecule has 6 heteroatoms. The Bertz CT molecular complexity index is 778. The monoisotopic (exact) mass is 368 g/mol. The van der Waals surface area contributed by atoms with Gasteiger partial charge in [0, 0.05) is 10.2 Å². The number of halogens is 1. The number of nitrogens with two attached hydrogens (primary N) is 1. The van der Waals surface area contributed by atoms with Crippen LogP contribution in [0.5, 0.6) is 0 Å². The fraction of sp³-hybridized carbons (Fsp3) is 0.200. The Morgan fingerprint density at radius 2 is 1.76 bits per heavy atom. The third-order valence-electron chi connectivity index (χ3n) is 3.36. The Hall–Kier alpha value is -1.53. The summed E-state index contributed by atoms with van der Waals surface area (Å²) in [5, 5.41) is 0. The van der Waals surface area contributed by atoms with Gasteiger partial charge in [0.2, 0.25) is 0 Å². The predicted molar refractivity (Wildman–Crippen MR) is 90.0 cm³/mol. The van der Waals surface area contributed by atoms with Gasteiger partial charge >= 0.3 is 0 Å². The van der Waals surface area contributed by atoms with Crippen LogP contribution in [0.2, 0.25) is 0 Å². The minimum absolute atomic E-state index is 0.163. The summed E-state index contributed by atoms with van der Waals surface area (Å²) in [6, 6.07) is 8.52. The zero-order chi connectivity index (χ0) is 15.8.